The van der Waals surface area contributed by atoms with Crippen LogP contribution in [0.1, 0.15) is 19.3 Å². The lowest BCUT2D eigenvalue weighted by molar-refractivity contribution is -0.131. The highest BCUT2D eigenvalue weighted by Gasteiger charge is 2.33. The van der Waals surface area contributed by atoms with Crippen LogP contribution in [-0.4, -0.2) is 58.2 Å². The highest BCUT2D eigenvalue weighted by molar-refractivity contribution is 6.27. The molecule has 6 nitrogen and oxygen atoms in total. The number of β-amino-alcohol motifs (C(OH)–C–C–N with tert-alkyl or cyclic N) is 1. The van der Waals surface area contributed by atoms with E-state index in [2.05, 4.69) is 5.32 Å². The number of nitrogens with one attached hydrogen (secondary N) is 1. The van der Waals surface area contributed by atoms with E-state index in [1.54, 1.807) is 0 Å². The van der Waals surface area contributed by atoms with Gasteiger partial charge in [-0.3, -0.25) is 4.79 Å². The third kappa shape index (κ3) is 4.40. The summed E-state index contributed by atoms with van der Waals surface area (Å²) in [5.74, 6) is -0.357. The maximum Gasteiger partial charge on any atom is 0.404 e. The molecule has 0 saturated carbocycles. The van der Waals surface area contributed by atoms with Crippen molar-refractivity contribution in [3.63, 3.8) is 0 Å². The molecule has 1 saturated heterocycles. The molecule has 1 unspecified atom stereocenters. The van der Waals surface area contributed by atoms with Crippen molar-refractivity contribution in [2.45, 2.75) is 24.9 Å². The minimum atomic E-state index is -1.20. The first kappa shape index (κ1) is 14.1. The number of likely N-dealkylation sites (tertiary alicyclic amines) is 1. The number of rotatable bonds is 3. The summed E-state index contributed by atoms with van der Waals surface area (Å²) >= 11 is 5.48. The van der Waals surface area contributed by atoms with Gasteiger partial charge in [0.1, 0.15) is 5.88 Å². The first-order chi connectivity index (χ1) is 7.97. The summed E-state index contributed by atoms with van der Waals surface area (Å²) in [6.45, 7) is 0.605. The van der Waals surface area contributed by atoms with Crippen molar-refractivity contribution in [2.24, 2.45) is 0 Å². The highest BCUT2D eigenvalue weighted by Crippen LogP contribution is 2.20. The number of alkyl halides is 1. The van der Waals surface area contributed by atoms with Gasteiger partial charge in [0.15, 0.2) is 0 Å². The van der Waals surface area contributed by atoms with E-state index in [-0.39, 0.29) is 24.9 Å². The Morgan fingerprint density at radius 3 is 2.71 bits per heavy atom. The maximum absolute atomic E-state index is 11.5. The number of carbonyl (C=O) groups excluding carboxylic acids is 1. The van der Waals surface area contributed by atoms with Crippen LogP contribution in [0.25, 0.3) is 0 Å². The van der Waals surface area contributed by atoms with Gasteiger partial charge < -0.3 is 20.4 Å². The van der Waals surface area contributed by atoms with E-state index in [1.807, 2.05) is 0 Å². The van der Waals surface area contributed by atoms with Gasteiger partial charge in [-0.2, -0.15) is 0 Å². The van der Waals surface area contributed by atoms with Gasteiger partial charge in [-0.25, -0.2) is 4.79 Å². The number of carboxylic acid groups (broad SMARTS) is 1. The molecule has 0 aromatic rings. The Balaban J connectivity index is 2.63. The van der Waals surface area contributed by atoms with Crippen LogP contribution >= 0.6 is 11.6 Å². The number of carbonyl (C=O) groups is 2. The van der Waals surface area contributed by atoms with E-state index in [0.717, 1.165) is 12.8 Å². The van der Waals surface area contributed by atoms with Gasteiger partial charge >= 0.3 is 6.09 Å². The van der Waals surface area contributed by atoms with E-state index < -0.39 is 11.7 Å². The molecule has 1 aliphatic heterocycles. The minimum absolute atomic E-state index is 0.0750. The quantitative estimate of drug-likeness (QED) is 0.637. The molecule has 0 spiro atoms. The van der Waals surface area contributed by atoms with Crippen LogP contribution in [-0.2, 0) is 4.79 Å². The van der Waals surface area contributed by atoms with Crippen molar-refractivity contribution in [1.82, 2.24) is 10.2 Å². The lowest BCUT2D eigenvalue weighted by Crippen LogP contribution is -2.51. The van der Waals surface area contributed by atoms with Gasteiger partial charge in [-0.05, 0) is 19.3 Å². The Hall–Kier alpha value is -1.01. The lowest BCUT2D eigenvalue weighted by Gasteiger charge is -2.31. The van der Waals surface area contributed by atoms with Gasteiger partial charge in [-0.1, -0.05) is 0 Å². The standard InChI is InChI=1S/C10H17ClN2O4/c11-5-8(14)13-4-2-1-3-10(17,7-13)6-12-9(15)16/h12,17H,1-7H2,(H,15,16). The number of nitrogens with zero attached hydrogens (tertiary/aromatic N) is 1. The fourth-order valence-electron chi connectivity index (χ4n) is 1.95. The van der Waals surface area contributed by atoms with Gasteiger partial charge in [-0.15, -0.1) is 11.6 Å². The molecule has 1 atom stereocenters. The molecule has 0 bridgehead atoms. The fourth-order valence-corrected chi connectivity index (χ4v) is 2.12. The van der Waals surface area contributed by atoms with Crippen LogP contribution < -0.4 is 5.32 Å². The van der Waals surface area contributed by atoms with E-state index in [9.17, 15) is 14.7 Å². The zero-order valence-electron chi connectivity index (χ0n) is 9.49. The Bertz CT molecular complexity index is 300. The minimum Gasteiger partial charge on any atom is -0.465 e. The van der Waals surface area contributed by atoms with Crippen LogP contribution in [0.15, 0.2) is 0 Å². The molecule has 7 heteroatoms. The molecule has 0 aromatic heterocycles. The molecule has 0 aromatic carbocycles. The predicted octanol–water partition coefficient (Wildman–Crippen LogP) is 0.236. The van der Waals surface area contributed by atoms with Gasteiger partial charge in [0, 0.05) is 6.54 Å². The molecule has 98 valence electrons. The molecule has 1 rings (SSSR count). The summed E-state index contributed by atoms with van der Waals surface area (Å²) in [5, 5.41) is 20.9. The average Bonchev–Trinajstić information content (AvgIpc) is 2.48. The first-order valence-electron chi connectivity index (χ1n) is 5.50. The lowest BCUT2D eigenvalue weighted by atomic mass is 9.98. The second kappa shape index (κ2) is 6.07. The zero-order chi connectivity index (χ0) is 12.9. The van der Waals surface area contributed by atoms with Crippen LogP contribution in [0.4, 0.5) is 4.79 Å². The van der Waals surface area contributed by atoms with Crippen LogP contribution in [0.2, 0.25) is 0 Å². The van der Waals surface area contributed by atoms with Crippen molar-refractivity contribution < 1.29 is 19.8 Å². The van der Waals surface area contributed by atoms with Gasteiger partial charge in [0.2, 0.25) is 5.91 Å². The Morgan fingerprint density at radius 2 is 2.12 bits per heavy atom. The topological polar surface area (TPSA) is 89.9 Å². The summed E-state index contributed by atoms with van der Waals surface area (Å²) in [6, 6.07) is 0. The third-order valence-electron chi connectivity index (χ3n) is 2.84. The smallest absolute Gasteiger partial charge is 0.404 e. The molecule has 2 amide bonds. The van der Waals surface area contributed by atoms with Gasteiger partial charge in [0.25, 0.3) is 0 Å². The molecular weight excluding hydrogens is 248 g/mol. The molecule has 0 radical (unpaired) electrons. The third-order valence-corrected chi connectivity index (χ3v) is 3.07. The number of hydrogen-bond donors (Lipinski definition) is 3. The van der Waals surface area contributed by atoms with Crippen molar-refractivity contribution in [1.29, 1.82) is 0 Å². The highest BCUT2D eigenvalue weighted by atomic mass is 35.5. The SMILES string of the molecule is O=C(O)NCC1(O)CCCCN(C(=O)CCl)C1. The summed E-state index contributed by atoms with van der Waals surface area (Å²) in [5.41, 5.74) is -1.20. The molecule has 1 aliphatic rings. The second-order valence-electron chi connectivity index (χ2n) is 4.29. The fraction of sp³-hybridized carbons (Fsp3) is 0.800. The predicted molar refractivity (Wildman–Crippen MR) is 62.1 cm³/mol. The maximum atomic E-state index is 11.5. The van der Waals surface area contributed by atoms with Crippen LogP contribution in [0.5, 0.6) is 0 Å². The van der Waals surface area contributed by atoms with Crippen molar-refractivity contribution in [3.8, 4) is 0 Å². The number of aliphatic hydroxyl groups is 1. The second-order valence-corrected chi connectivity index (χ2v) is 4.56. The summed E-state index contributed by atoms with van der Waals surface area (Å²) in [4.78, 5) is 23.4. The monoisotopic (exact) mass is 264 g/mol. The van der Waals surface area contributed by atoms with E-state index >= 15 is 0 Å². The molecule has 17 heavy (non-hydrogen) atoms. The Kier molecular flexibility index (Phi) is 5.02. The normalized spacial score (nSPS) is 25.2. The van der Waals surface area contributed by atoms with E-state index in [0.29, 0.717) is 13.0 Å². The Morgan fingerprint density at radius 1 is 1.41 bits per heavy atom. The number of amides is 2. The number of halogens is 1. The first-order valence-corrected chi connectivity index (χ1v) is 6.03. The molecule has 0 aliphatic carbocycles. The molecule has 3 N–H and O–H groups in total. The van der Waals surface area contributed by atoms with Crippen molar-refractivity contribution >= 4 is 23.6 Å². The Labute approximate surface area is 105 Å². The van der Waals surface area contributed by atoms with E-state index in [1.165, 1.54) is 4.90 Å². The van der Waals surface area contributed by atoms with Crippen LogP contribution in [0.3, 0.4) is 0 Å². The van der Waals surface area contributed by atoms with Gasteiger partial charge in [0.05, 0.1) is 18.7 Å². The largest absolute Gasteiger partial charge is 0.465 e. The summed E-state index contributed by atoms with van der Waals surface area (Å²) in [6.07, 6.45) is 0.833. The van der Waals surface area contributed by atoms with Crippen molar-refractivity contribution in [2.75, 3.05) is 25.5 Å². The van der Waals surface area contributed by atoms with Crippen molar-refractivity contribution in [3.05, 3.63) is 0 Å². The molecular formula is C10H17ClN2O4. The summed E-state index contributed by atoms with van der Waals surface area (Å²) in [7, 11) is 0. The number of hydrogen-bond acceptors (Lipinski definition) is 3. The molecule has 1 heterocycles. The average molecular weight is 265 g/mol. The molecule has 1 fully saturated rings. The van der Waals surface area contributed by atoms with Crippen LogP contribution in [0, 0.1) is 0 Å². The van der Waals surface area contributed by atoms with E-state index in [4.69, 9.17) is 16.7 Å². The zero-order valence-corrected chi connectivity index (χ0v) is 10.2. The summed E-state index contributed by atoms with van der Waals surface area (Å²) < 4.78 is 0.